The molecule has 0 saturated heterocycles. The lowest BCUT2D eigenvalue weighted by Gasteiger charge is -2.06. The Hall–Kier alpha value is -2.55. The Morgan fingerprint density at radius 3 is 1.90 bits per heavy atom. The summed E-state index contributed by atoms with van der Waals surface area (Å²) in [5, 5.41) is 12.8. The highest BCUT2D eigenvalue weighted by atomic mass is 16.3. The zero-order chi connectivity index (χ0) is 14.1. The normalized spacial score (nSPS) is 10.7. The van der Waals surface area contributed by atoms with E-state index >= 15 is 0 Å². The molecule has 0 spiro atoms. The maximum absolute atomic E-state index is 12.8. The third kappa shape index (κ3) is 1.88. The predicted molar refractivity (Wildman–Crippen MR) is 76.9 cm³/mol. The smallest absolute Gasteiger partial charge is 0.231 e. The number of nitrogens with zero attached hydrogens (tertiary/aromatic N) is 2. The number of benzene rings is 2. The monoisotopic (exact) mass is 264 g/mol. The molecule has 2 aromatic carbocycles. The molecule has 0 fully saturated rings. The van der Waals surface area contributed by atoms with Crippen LogP contribution in [-0.4, -0.2) is 4.68 Å². The summed E-state index contributed by atoms with van der Waals surface area (Å²) in [6.45, 7) is 0. The average molecular weight is 264 g/mol. The van der Waals surface area contributed by atoms with Crippen molar-refractivity contribution in [2.24, 2.45) is 14.1 Å². The predicted octanol–water partition coefficient (Wildman–Crippen LogP) is 2.26. The molecule has 0 atom stereocenters. The van der Waals surface area contributed by atoms with Gasteiger partial charge in [-0.15, -0.1) is 4.68 Å². The lowest BCUT2D eigenvalue weighted by molar-refractivity contribution is -0.741. The van der Waals surface area contributed by atoms with E-state index in [0.717, 1.165) is 11.1 Å². The van der Waals surface area contributed by atoms with Crippen LogP contribution in [0.4, 0.5) is 0 Å². The van der Waals surface area contributed by atoms with Crippen molar-refractivity contribution < 1.29 is 9.79 Å². The molecule has 1 heterocycles. The quantitative estimate of drug-likeness (QED) is 0.653. The van der Waals surface area contributed by atoms with Crippen LogP contribution >= 0.6 is 0 Å². The standard InChI is InChI=1S/C17H16N2O/c1-18-15(13-9-5-3-6-10-13)17(20)16(19(18)2)14-11-7-4-8-12-14/h3-12H,1-2H3. The molecule has 0 aliphatic carbocycles. The molecule has 0 unspecified atom stereocenters. The maximum atomic E-state index is 12.8. The zero-order valence-electron chi connectivity index (χ0n) is 11.6. The minimum atomic E-state index is 0.0624. The Labute approximate surface area is 118 Å². The summed E-state index contributed by atoms with van der Waals surface area (Å²) in [6, 6.07) is 19.6. The molecule has 0 aliphatic heterocycles. The number of hydrogen-bond acceptors (Lipinski definition) is 1. The van der Waals surface area contributed by atoms with Crippen LogP contribution < -0.4 is 9.79 Å². The first kappa shape index (κ1) is 12.5. The third-order valence-corrected chi connectivity index (χ3v) is 3.62. The fraction of sp³-hybridized carbons (Fsp3) is 0.118. The lowest BCUT2D eigenvalue weighted by Crippen LogP contribution is -2.39. The van der Waals surface area contributed by atoms with E-state index < -0.39 is 0 Å². The molecule has 0 radical (unpaired) electrons. The van der Waals surface area contributed by atoms with E-state index in [4.69, 9.17) is 0 Å². The van der Waals surface area contributed by atoms with Crippen molar-refractivity contribution in [1.29, 1.82) is 0 Å². The highest BCUT2D eigenvalue weighted by Gasteiger charge is 2.22. The Morgan fingerprint density at radius 2 is 1.35 bits per heavy atom. The van der Waals surface area contributed by atoms with Crippen LogP contribution in [0.3, 0.4) is 0 Å². The Bertz CT molecular complexity index is 668. The van der Waals surface area contributed by atoms with Crippen molar-refractivity contribution in [3.8, 4) is 28.3 Å². The molecular weight excluding hydrogens is 248 g/mol. The second-order valence-electron chi connectivity index (χ2n) is 4.81. The van der Waals surface area contributed by atoms with Crippen LogP contribution in [0, 0.1) is 0 Å². The fourth-order valence-corrected chi connectivity index (χ4v) is 2.53. The molecular formula is C17H16N2O. The van der Waals surface area contributed by atoms with E-state index in [2.05, 4.69) is 0 Å². The van der Waals surface area contributed by atoms with Gasteiger partial charge < -0.3 is 5.11 Å². The van der Waals surface area contributed by atoms with Gasteiger partial charge in [0.2, 0.25) is 5.69 Å². The summed E-state index contributed by atoms with van der Waals surface area (Å²) in [6.07, 6.45) is 0. The van der Waals surface area contributed by atoms with Gasteiger partial charge in [-0.1, -0.05) is 48.5 Å². The second kappa shape index (κ2) is 4.85. The fourth-order valence-electron chi connectivity index (χ4n) is 2.53. The van der Waals surface area contributed by atoms with Gasteiger partial charge in [-0.25, -0.2) is 0 Å². The van der Waals surface area contributed by atoms with Crippen molar-refractivity contribution >= 4 is 0 Å². The number of hydrogen-bond donors (Lipinski definition) is 0. The van der Waals surface area contributed by atoms with Crippen LogP contribution in [0.1, 0.15) is 0 Å². The topological polar surface area (TPSA) is 31.9 Å². The molecule has 3 aromatic rings. The van der Waals surface area contributed by atoms with Crippen molar-refractivity contribution in [3.63, 3.8) is 0 Å². The van der Waals surface area contributed by atoms with Crippen molar-refractivity contribution in [2.45, 2.75) is 0 Å². The molecule has 3 rings (SSSR count). The summed E-state index contributed by atoms with van der Waals surface area (Å²) >= 11 is 0. The average Bonchev–Trinajstić information content (AvgIpc) is 2.71. The molecule has 1 aromatic heterocycles. The Balaban J connectivity index is 2.25. The van der Waals surface area contributed by atoms with E-state index in [0.29, 0.717) is 11.4 Å². The van der Waals surface area contributed by atoms with Gasteiger partial charge in [-0.2, -0.15) is 4.68 Å². The number of aromatic nitrogens is 2. The van der Waals surface area contributed by atoms with Crippen LogP contribution in [-0.2, 0) is 14.1 Å². The van der Waals surface area contributed by atoms with Gasteiger partial charge in [0, 0.05) is 11.1 Å². The summed E-state index contributed by atoms with van der Waals surface area (Å²) in [5.74, 6) is 0.0624. The maximum Gasteiger partial charge on any atom is 0.231 e. The molecule has 0 amide bonds. The minimum absolute atomic E-state index is 0.0624. The van der Waals surface area contributed by atoms with Gasteiger partial charge in [0.1, 0.15) is 5.69 Å². The van der Waals surface area contributed by atoms with Gasteiger partial charge in [0.05, 0.1) is 7.05 Å². The molecule has 3 nitrogen and oxygen atoms in total. The molecule has 0 bridgehead atoms. The second-order valence-corrected chi connectivity index (χ2v) is 4.81. The Morgan fingerprint density at radius 1 is 0.850 bits per heavy atom. The first-order valence-corrected chi connectivity index (χ1v) is 6.57. The van der Waals surface area contributed by atoms with Crippen LogP contribution in [0.25, 0.3) is 22.5 Å². The van der Waals surface area contributed by atoms with Gasteiger partial charge in [-0.05, 0) is 17.9 Å². The minimum Gasteiger partial charge on any atom is -0.866 e. The van der Waals surface area contributed by atoms with E-state index in [-0.39, 0.29) is 5.75 Å². The zero-order valence-corrected chi connectivity index (χ0v) is 11.6. The molecule has 0 N–H and O–H groups in total. The summed E-state index contributed by atoms with van der Waals surface area (Å²) in [7, 11) is 3.83. The third-order valence-electron chi connectivity index (χ3n) is 3.62. The van der Waals surface area contributed by atoms with E-state index in [1.165, 1.54) is 0 Å². The molecule has 0 aliphatic rings. The van der Waals surface area contributed by atoms with Crippen LogP contribution in [0.2, 0.25) is 0 Å². The molecule has 100 valence electrons. The van der Waals surface area contributed by atoms with E-state index in [1.807, 2.05) is 84.1 Å². The van der Waals surface area contributed by atoms with Crippen molar-refractivity contribution in [3.05, 3.63) is 60.7 Å². The highest BCUT2D eigenvalue weighted by Crippen LogP contribution is 2.33. The van der Waals surface area contributed by atoms with E-state index in [1.54, 1.807) is 0 Å². The first-order valence-electron chi connectivity index (χ1n) is 6.57. The van der Waals surface area contributed by atoms with Gasteiger partial charge in [-0.3, -0.25) is 0 Å². The largest absolute Gasteiger partial charge is 0.866 e. The van der Waals surface area contributed by atoms with Gasteiger partial charge in [0.25, 0.3) is 0 Å². The van der Waals surface area contributed by atoms with Gasteiger partial charge >= 0.3 is 0 Å². The summed E-state index contributed by atoms with van der Waals surface area (Å²) in [4.78, 5) is 0. The molecule has 20 heavy (non-hydrogen) atoms. The van der Waals surface area contributed by atoms with E-state index in [9.17, 15) is 5.11 Å². The van der Waals surface area contributed by atoms with Crippen LogP contribution in [0.5, 0.6) is 5.75 Å². The molecule has 3 heteroatoms. The van der Waals surface area contributed by atoms with Gasteiger partial charge in [0.15, 0.2) is 7.05 Å². The molecule has 0 saturated carbocycles. The first-order chi connectivity index (χ1) is 9.70. The Kier molecular flexibility index (Phi) is 3.03. The van der Waals surface area contributed by atoms with Crippen molar-refractivity contribution in [1.82, 2.24) is 4.68 Å². The highest BCUT2D eigenvalue weighted by molar-refractivity contribution is 5.75. The SMILES string of the molecule is Cn1c(-c2ccccc2)c([O-])c(-c2ccccc2)[n+]1C. The number of rotatable bonds is 2. The lowest BCUT2D eigenvalue weighted by atomic mass is 10.1. The summed E-state index contributed by atoms with van der Waals surface area (Å²) in [5.41, 5.74) is 3.31. The van der Waals surface area contributed by atoms with Crippen LogP contribution in [0.15, 0.2) is 60.7 Å². The summed E-state index contributed by atoms with van der Waals surface area (Å²) < 4.78 is 3.81. The van der Waals surface area contributed by atoms with Crippen molar-refractivity contribution in [2.75, 3.05) is 0 Å².